The normalized spacial score (nSPS) is 11.7. The molecule has 0 N–H and O–H groups in total. The van der Waals surface area contributed by atoms with Crippen LogP contribution in [0.1, 0.15) is 325 Å². The molecule has 0 spiro atoms. The Kier molecular flexibility index (Phi) is 39.2. The van der Waals surface area contributed by atoms with Crippen LogP contribution in [0.25, 0.3) is 0 Å². The highest BCUT2D eigenvalue weighted by molar-refractivity contribution is 7.49. The van der Waals surface area contributed by atoms with E-state index in [0.717, 1.165) is 74.5 Å². The summed E-state index contributed by atoms with van der Waals surface area (Å²) in [6.07, 6.45) is 55.2. The molecule has 0 amide bonds. The van der Waals surface area contributed by atoms with E-state index in [2.05, 4.69) is 96.1 Å². The van der Waals surface area contributed by atoms with Gasteiger partial charge in [0.2, 0.25) is 0 Å². The van der Waals surface area contributed by atoms with Gasteiger partial charge in [0.25, 0.3) is 0 Å². The van der Waals surface area contributed by atoms with Gasteiger partial charge in [-0.15, -0.1) is 0 Å². The van der Waals surface area contributed by atoms with E-state index >= 15 is 4.57 Å². The zero-order chi connectivity index (χ0) is 53.0. The number of phosphoric ester groups is 1. The van der Waals surface area contributed by atoms with Crippen molar-refractivity contribution in [1.29, 1.82) is 0 Å². The second-order valence-electron chi connectivity index (χ2n) is 22.7. The first-order chi connectivity index (χ1) is 36.4. The number of benzene rings is 3. The van der Waals surface area contributed by atoms with Crippen molar-refractivity contribution in [3.05, 3.63) is 88.0 Å². The van der Waals surface area contributed by atoms with Crippen molar-refractivity contribution in [2.75, 3.05) is 0 Å². The third-order valence-corrected chi connectivity index (χ3v) is 16.9. The highest BCUT2D eigenvalue weighted by Gasteiger charge is 2.36. The summed E-state index contributed by atoms with van der Waals surface area (Å²) in [5, 5.41) is 0. The van der Waals surface area contributed by atoms with Gasteiger partial charge in [-0.25, -0.2) is 0 Å². The molecule has 74 heavy (non-hydrogen) atoms. The molecule has 5 heteroatoms. The van der Waals surface area contributed by atoms with Crippen LogP contribution in [0.4, 0.5) is 0 Å². The zero-order valence-electron chi connectivity index (χ0n) is 49.6. The van der Waals surface area contributed by atoms with E-state index in [1.54, 1.807) is 0 Å². The maximum Gasteiger partial charge on any atom is 0.647 e. The molecule has 0 bridgehead atoms. The molecule has 0 saturated heterocycles. The van der Waals surface area contributed by atoms with Gasteiger partial charge < -0.3 is 13.6 Å². The van der Waals surface area contributed by atoms with Crippen LogP contribution in [-0.4, -0.2) is 0 Å². The van der Waals surface area contributed by atoms with E-state index in [9.17, 15) is 0 Å². The molecule has 3 aromatic rings. The van der Waals surface area contributed by atoms with Crippen LogP contribution >= 0.6 is 7.82 Å². The second kappa shape index (κ2) is 44.3. The average molecular weight is 1040 g/mol. The Hall–Kier alpha value is -2.71. The highest BCUT2D eigenvalue weighted by Crippen LogP contribution is 2.52. The van der Waals surface area contributed by atoms with Crippen molar-refractivity contribution in [2.45, 2.75) is 330 Å². The third-order valence-electron chi connectivity index (χ3n) is 15.6. The van der Waals surface area contributed by atoms with Gasteiger partial charge in [-0.1, -0.05) is 290 Å². The predicted octanol–water partition coefficient (Wildman–Crippen LogP) is 23.9. The Morgan fingerprint density at radius 3 is 0.662 bits per heavy atom. The predicted molar refractivity (Wildman–Crippen MR) is 325 cm³/mol. The lowest BCUT2D eigenvalue weighted by Gasteiger charge is -2.24. The Bertz CT molecular complexity index is 1630. The molecule has 0 heterocycles. The van der Waals surface area contributed by atoms with Crippen LogP contribution in [0, 0.1) is 0 Å². The second-order valence-corrected chi connectivity index (χ2v) is 24.2. The van der Waals surface area contributed by atoms with Crippen molar-refractivity contribution >= 4 is 7.82 Å². The molecule has 0 aliphatic rings. The third kappa shape index (κ3) is 30.9. The van der Waals surface area contributed by atoms with Crippen molar-refractivity contribution in [3.63, 3.8) is 0 Å². The molecule has 0 aromatic heterocycles. The molecule has 0 aliphatic heterocycles. The largest absolute Gasteiger partial charge is 0.647 e. The van der Waals surface area contributed by atoms with Crippen LogP contribution in [0.15, 0.2) is 54.6 Å². The SMILES string of the molecule is CCCCCCCCCc1ccc(OP(=O)(Oc2ccc(CCCCCCCCC)cc2CCCCCCCC)Oc2ccc(CCCCCCCCC)cc2CCCCCCCC)c(CCCCCCCC)c1. The van der Waals surface area contributed by atoms with Gasteiger partial charge in [0, 0.05) is 0 Å². The van der Waals surface area contributed by atoms with Gasteiger partial charge in [-0.05, 0) is 129 Å². The summed E-state index contributed by atoms with van der Waals surface area (Å²) < 4.78 is 36.9. The van der Waals surface area contributed by atoms with Gasteiger partial charge in [0.1, 0.15) is 17.2 Å². The molecule has 0 fully saturated rings. The fourth-order valence-corrected chi connectivity index (χ4v) is 12.2. The Balaban J connectivity index is 2.06. The van der Waals surface area contributed by atoms with Crippen LogP contribution in [0.3, 0.4) is 0 Å². The first kappa shape index (κ1) is 65.6. The lowest BCUT2D eigenvalue weighted by Crippen LogP contribution is -2.11. The number of aryl methyl sites for hydroxylation is 6. The Morgan fingerprint density at radius 1 is 0.257 bits per heavy atom. The number of hydrogen-bond acceptors (Lipinski definition) is 4. The molecule has 0 aliphatic carbocycles. The minimum absolute atomic E-state index is 0.645. The lowest BCUT2D eigenvalue weighted by molar-refractivity contribution is 0.295. The zero-order valence-corrected chi connectivity index (χ0v) is 50.5. The van der Waals surface area contributed by atoms with E-state index in [1.165, 1.54) is 248 Å². The maximum atomic E-state index is 16.1. The molecular formula is C69H117O4P. The van der Waals surface area contributed by atoms with Crippen molar-refractivity contribution in [2.24, 2.45) is 0 Å². The lowest BCUT2D eigenvalue weighted by atomic mass is 9.99. The summed E-state index contributed by atoms with van der Waals surface area (Å²) in [5.41, 5.74) is 7.42. The average Bonchev–Trinajstić information content (AvgIpc) is 3.40. The number of rotatable bonds is 51. The van der Waals surface area contributed by atoms with Crippen molar-refractivity contribution in [1.82, 2.24) is 0 Å². The summed E-state index contributed by atoms with van der Waals surface area (Å²) in [6.45, 7) is 13.7. The van der Waals surface area contributed by atoms with Crippen LogP contribution in [0.5, 0.6) is 17.2 Å². The fourth-order valence-electron chi connectivity index (χ4n) is 10.8. The standard InChI is InChI=1S/C69H117O4P/c1-7-13-19-25-31-34-40-46-61-52-55-67(64(58-61)49-43-37-28-22-16-10-4)71-74(70,72-68-56-53-62(47-41-35-32-26-20-14-8-2)59-65(68)50-44-38-29-23-17-11-5)73-69-57-54-63(48-42-36-33-27-21-15-9-3)60-66(69)51-45-39-30-24-18-12-6/h52-60H,7-51H2,1-6H3. The van der Waals surface area contributed by atoms with Crippen LogP contribution in [-0.2, 0) is 43.1 Å². The summed E-state index contributed by atoms with van der Waals surface area (Å²) in [4.78, 5) is 0. The van der Waals surface area contributed by atoms with Crippen molar-refractivity contribution in [3.8, 4) is 17.2 Å². The fraction of sp³-hybridized carbons (Fsp3) is 0.739. The monoisotopic (exact) mass is 1040 g/mol. The quantitative estimate of drug-likeness (QED) is 0.0417. The molecular weight excluding hydrogens is 924 g/mol. The first-order valence-corrected chi connectivity index (χ1v) is 33.9. The molecule has 0 radical (unpaired) electrons. The smallest absolute Gasteiger partial charge is 0.386 e. The molecule has 4 nitrogen and oxygen atoms in total. The van der Waals surface area contributed by atoms with E-state index in [1.807, 2.05) is 0 Å². The van der Waals surface area contributed by atoms with Crippen LogP contribution < -0.4 is 13.6 Å². The first-order valence-electron chi connectivity index (χ1n) is 32.4. The van der Waals surface area contributed by atoms with Gasteiger partial charge in [-0.2, -0.15) is 4.57 Å². The molecule has 0 unspecified atom stereocenters. The topological polar surface area (TPSA) is 44.8 Å². The van der Waals surface area contributed by atoms with Crippen molar-refractivity contribution < 1.29 is 18.1 Å². The molecule has 0 saturated carbocycles. The van der Waals surface area contributed by atoms with Crippen LogP contribution in [0.2, 0.25) is 0 Å². The minimum atomic E-state index is -4.29. The van der Waals surface area contributed by atoms with E-state index < -0.39 is 7.82 Å². The Labute approximate surface area is 459 Å². The summed E-state index contributed by atoms with van der Waals surface area (Å²) in [7, 11) is -4.29. The summed E-state index contributed by atoms with van der Waals surface area (Å²) in [6, 6.07) is 20.0. The molecule has 0 atom stereocenters. The molecule has 422 valence electrons. The number of phosphoric acid groups is 1. The highest BCUT2D eigenvalue weighted by atomic mass is 31.2. The molecule has 3 rings (SSSR count). The summed E-state index contributed by atoms with van der Waals surface area (Å²) in [5.74, 6) is 1.93. The molecule has 3 aromatic carbocycles. The van der Waals surface area contributed by atoms with E-state index in [0.29, 0.717) is 17.2 Å². The summed E-state index contributed by atoms with van der Waals surface area (Å²) >= 11 is 0. The van der Waals surface area contributed by atoms with Gasteiger partial charge in [0.15, 0.2) is 0 Å². The maximum absolute atomic E-state index is 16.1. The van der Waals surface area contributed by atoms with Gasteiger partial charge in [-0.3, -0.25) is 0 Å². The van der Waals surface area contributed by atoms with E-state index in [4.69, 9.17) is 13.6 Å². The Morgan fingerprint density at radius 2 is 0.446 bits per heavy atom. The van der Waals surface area contributed by atoms with E-state index in [-0.39, 0.29) is 0 Å². The number of hydrogen-bond donors (Lipinski definition) is 0. The number of unbranched alkanes of at least 4 members (excludes halogenated alkanes) is 33. The van der Waals surface area contributed by atoms with Gasteiger partial charge in [0.05, 0.1) is 0 Å². The minimum Gasteiger partial charge on any atom is -0.386 e. The van der Waals surface area contributed by atoms with Gasteiger partial charge >= 0.3 is 7.82 Å².